The molecule has 1 heterocycles. The van der Waals surface area contributed by atoms with Gasteiger partial charge in [-0.1, -0.05) is 23.1 Å². The monoisotopic (exact) mass is 372 g/mol. The molecule has 0 aliphatic heterocycles. The lowest BCUT2D eigenvalue weighted by Gasteiger charge is -2.18. The maximum Gasteiger partial charge on any atom is 0.257 e. The van der Waals surface area contributed by atoms with Crippen LogP contribution in [-0.2, 0) is 10.0 Å². The molecule has 0 aliphatic rings. The molecule has 1 N–H and O–H groups in total. The van der Waals surface area contributed by atoms with Crippen LogP contribution in [0.2, 0.25) is 0 Å². The molecule has 0 unspecified atom stereocenters. The molecule has 0 fully saturated rings. The smallest absolute Gasteiger partial charge is 0.257 e. The third-order valence-electron chi connectivity index (χ3n) is 3.08. The Balaban J connectivity index is 2.11. The van der Waals surface area contributed by atoms with Gasteiger partial charge < -0.3 is 0 Å². The number of benzene rings is 1. The average Bonchev–Trinajstić information content (AvgIpc) is 3.01. The Hall–Kier alpha value is -1.65. The Bertz CT molecular complexity index is 787. The number of nitrogens with zero attached hydrogens (tertiary/aromatic N) is 3. The maximum atomic E-state index is 12.1. The molecule has 0 saturated carbocycles. The third-order valence-corrected chi connectivity index (χ3v) is 6.67. The van der Waals surface area contributed by atoms with Crippen molar-refractivity contribution in [2.24, 2.45) is 0 Å². The Kier molecular flexibility index (Phi) is 5.60. The van der Waals surface area contributed by atoms with Crippen LogP contribution in [0.5, 0.6) is 0 Å². The zero-order valence-corrected chi connectivity index (χ0v) is 15.3. The van der Waals surface area contributed by atoms with E-state index in [1.807, 2.05) is 6.26 Å². The molecule has 1 amide bonds. The molecule has 0 radical (unpaired) electrons. The molecular formula is C13H16N4O3S3. The molecule has 124 valence electrons. The Labute approximate surface area is 143 Å². The summed E-state index contributed by atoms with van der Waals surface area (Å²) in [5.41, 5.74) is 0.918. The van der Waals surface area contributed by atoms with Crippen molar-refractivity contribution in [3.63, 3.8) is 0 Å². The zero-order valence-electron chi connectivity index (χ0n) is 12.8. The van der Waals surface area contributed by atoms with Crippen molar-refractivity contribution in [1.29, 1.82) is 0 Å². The van der Waals surface area contributed by atoms with Crippen LogP contribution in [0.1, 0.15) is 17.3 Å². The summed E-state index contributed by atoms with van der Waals surface area (Å²) in [5, 5.41) is 10.9. The average molecular weight is 372 g/mol. The summed E-state index contributed by atoms with van der Waals surface area (Å²) in [4.78, 5) is 12.1. The van der Waals surface area contributed by atoms with Gasteiger partial charge in [0.1, 0.15) is 0 Å². The predicted molar refractivity (Wildman–Crippen MR) is 93.9 cm³/mol. The molecule has 7 nitrogen and oxygen atoms in total. The van der Waals surface area contributed by atoms with E-state index in [0.29, 0.717) is 16.4 Å². The van der Waals surface area contributed by atoms with E-state index in [4.69, 9.17) is 0 Å². The SMILES string of the molecule is CCS(=O)(=O)N(C)c1ccc(C(=O)Nc2nnc(SC)s2)cc1. The van der Waals surface area contributed by atoms with E-state index in [1.165, 1.54) is 34.5 Å². The summed E-state index contributed by atoms with van der Waals surface area (Å²) in [6.45, 7) is 1.58. The van der Waals surface area contributed by atoms with E-state index in [2.05, 4.69) is 15.5 Å². The number of nitrogens with one attached hydrogen (secondary N) is 1. The number of carbonyl (C=O) groups is 1. The summed E-state index contributed by atoms with van der Waals surface area (Å²) < 4.78 is 25.6. The molecule has 1 aromatic carbocycles. The maximum absolute atomic E-state index is 12.1. The van der Waals surface area contributed by atoms with Crippen molar-refractivity contribution in [2.45, 2.75) is 11.3 Å². The molecule has 10 heteroatoms. The largest absolute Gasteiger partial charge is 0.296 e. The van der Waals surface area contributed by atoms with E-state index in [-0.39, 0.29) is 11.7 Å². The first-order valence-electron chi connectivity index (χ1n) is 6.63. The second-order valence-electron chi connectivity index (χ2n) is 4.45. The van der Waals surface area contributed by atoms with Gasteiger partial charge in [0.2, 0.25) is 15.2 Å². The first-order valence-corrected chi connectivity index (χ1v) is 10.3. The molecule has 2 rings (SSSR count). The quantitative estimate of drug-likeness (QED) is 0.618. The summed E-state index contributed by atoms with van der Waals surface area (Å²) in [6, 6.07) is 6.33. The van der Waals surface area contributed by atoms with Crippen molar-refractivity contribution in [3.05, 3.63) is 29.8 Å². The zero-order chi connectivity index (χ0) is 17.0. The molecule has 2 aromatic rings. The minimum absolute atomic E-state index is 0.0144. The van der Waals surface area contributed by atoms with E-state index in [0.717, 1.165) is 4.34 Å². The molecule has 0 atom stereocenters. The van der Waals surface area contributed by atoms with Crippen molar-refractivity contribution < 1.29 is 13.2 Å². The number of thioether (sulfide) groups is 1. The van der Waals surface area contributed by atoms with Gasteiger partial charge >= 0.3 is 0 Å². The topological polar surface area (TPSA) is 92.3 Å². The van der Waals surface area contributed by atoms with Gasteiger partial charge in [0.05, 0.1) is 11.4 Å². The minimum Gasteiger partial charge on any atom is -0.296 e. The molecule has 0 bridgehead atoms. The Morgan fingerprint density at radius 3 is 2.48 bits per heavy atom. The number of hydrogen-bond acceptors (Lipinski definition) is 7. The van der Waals surface area contributed by atoms with Crippen LogP contribution in [0, 0.1) is 0 Å². The van der Waals surface area contributed by atoms with Crippen LogP contribution in [0.4, 0.5) is 10.8 Å². The van der Waals surface area contributed by atoms with Gasteiger partial charge in [-0.3, -0.25) is 14.4 Å². The van der Waals surface area contributed by atoms with Crippen LogP contribution in [-0.4, -0.2) is 43.6 Å². The lowest BCUT2D eigenvalue weighted by molar-refractivity contribution is 0.102. The molecule has 0 spiro atoms. The van der Waals surface area contributed by atoms with Gasteiger partial charge in [-0.25, -0.2) is 8.42 Å². The fourth-order valence-corrected chi connectivity index (χ4v) is 3.68. The summed E-state index contributed by atoms with van der Waals surface area (Å²) in [7, 11) is -1.83. The summed E-state index contributed by atoms with van der Waals surface area (Å²) >= 11 is 2.74. The molecule has 1 aromatic heterocycles. The van der Waals surface area contributed by atoms with E-state index in [1.54, 1.807) is 31.2 Å². The Morgan fingerprint density at radius 1 is 1.30 bits per heavy atom. The highest BCUT2D eigenvalue weighted by Crippen LogP contribution is 2.24. The van der Waals surface area contributed by atoms with Crippen LogP contribution in [0.15, 0.2) is 28.6 Å². The van der Waals surface area contributed by atoms with Gasteiger partial charge in [0, 0.05) is 12.6 Å². The van der Waals surface area contributed by atoms with Crippen LogP contribution in [0.3, 0.4) is 0 Å². The first kappa shape index (κ1) is 17.7. The highest BCUT2D eigenvalue weighted by atomic mass is 32.2. The summed E-state index contributed by atoms with van der Waals surface area (Å²) in [5.74, 6) is -0.304. The van der Waals surface area contributed by atoms with Crippen molar-refractivity contribution >= 4 is 49.8 Å². The van der Waals surface area contributed by atoms with Crippen LogP contribution < -0.4 is 9.62 Å². The highest BCUT2D eigenvalue weighted by Gasteiger charge is 2.16. The normalized spacial score (nSPS) is 11.3. The standard InChI is InChI=1S/C13H16N4O3S3/c1-4-23(19,20)17(2)10-7-5-9(6-8-10)11(18)14-12-15-16-13(21-3)22-12/h5-8H,4H2,1-3H3,(H,14,15,18). The second-order valence-corrected chi connectivity index (χ2v) is 8.77. The lowest BCUT2D eigenvalue weighted by atomic mass is 10.2. The van der Waals surface area contributed by atoms with Gasteiger partial charge in [-0.05, 0) is 37.4 Å². The van der Waals surface area contributed by atoms with Gasteiger partial charge in [-0.2, -0.15) is 0 Å². The van der Waals surface area contributed by atoms with E-state index < -0.39 is 10.0 Å². The third kappa shape index (κ3) is 4.21. The number of aromatic nitrogens is 2. The molecule has 0 saturated heterocycles. The first-order chi connectivity index (χ1) is 10.9. The minimum atomic E-state index is -3.32. The number of carbonyl (C=O) groups excluding carboxylic acids is 1. The van der Waals surface area contributed by atoms with Gasteiger partial charge in [0.15, 0.2) is 4.34 Å². The molecular weight excluding hydrogens is 356 g/mol. The van der Waals surface area contributed by atoms with Crippen molar-refractivity contribution in [2.75, 3.05) is 28.7 Å². The predicted octanol–water partition coefficient (Wildman–Crippen LogP) is 2.30. The van der Waals surface area contributed by atoms with Crippen molar-refractivity contribution in [1.82, 2.24) is 10.2 Å². The van der Waals surface area contributed by atoms with E-state index in [9.17, 15) is 13.2 Å². The van der Waals surface area contributed by atoms with Crippen molar-refractivity contribution in [3.8, 4) is 0 Å². The fraction of sp³-hybridized carbons (Fsp3) is 0.308. The number of anilines is 2. The number of rotatable bonds is 6. The second kappa shape index (κ2) is 7.28. The van der Waals surface area contributed by atoms with Gasteiger partial charge in [0.25, 0.3) is 5.91 Å². The molecule has 0 aliphatic carbocycles. The van der Waals surface area contributed by atoms with E-state index >= 15 is 0 Å². The molecule has 23 heavy (non-hydrogen) atoms. The number of hydrogen-bond donors (Lipinski definition) is 1. The van der Waals surface area contributed by atoms with Gasteiger partial charge in [-0.15, -0.1) is 10.2 Å². The number of amides is 1. The summed E-state index contributed by atoms with van der Waals surface area (Å²) in [6.07, 6.45) is 1.88. The van der Waals surface area contributed by atoms with Crippen LogP contribution >= 0.6 is 23.1 Å². The lowest BCUT2D eigenvalue weighted by Crippen LogP contribution is -2.28. The fourth-order valence-electron chi connectivity index (χ4n) is 1.69. The highest BCUT2D eigenvalue weighted by molar-refractivity contribution is 8.00. The Morgan fingerprint density at radius 2 is 1.96 bits per heavy atom. The van der Waals surface area contributed by atoms with Crippen LogP contribution in [0.25, 0.3) is 0 Å². The number of sulfonamides is 1.